The Balaban J connectivity index is 1.63. The standard InChI is InChI=1S/C20H22BrN5O2/c1-20(2,3)10-4-6-15-12(8-10)17(24-23-15)19(28)26-25-16-13-9-11(21)5-7-14(13)22-18(16)27/h5,7,9-10,22,27H,4,6,8H2,1-3H3,(H,23,24). The van der Waals surface area contributed by atoms with E-state index in [2.05, 4.69) is 62.1 Å². The summed E-state index contributed by atoms with van der Waals surface area (Å²) in [5, 5.41) is 25.9. The second-order valence-electron chi connectivity index (χ2n) is 8.35. The minimum absolute atomic E-state index is 0.124. The first-order chi connectivity index (χ1) is 13.2. The van der Waals surface area contributed by atoms with Gasteiger partial charge >= 0.3 is 5.91 Å². The lowest BCUT2D eigenvalue weighted by atomic mass is 9.71. The summed E-state index contributed by atoms with van der Waals surface area (Å²) in [6.45, 7) is 6.67. The van der Waals surface area contributed by atoms with Crippen LogP contribution in [-0.4, -0.2) is 26.2 Å². The number of azo groups is 1. The van der Waals surface area contributed by atoms with Crippen LogP contribution in [-0.2, 0) is 12.8 Å². The first kappa shape index (κ1) is 18.9. The van der Waals surface area contributed by atoms with Crippen LogP contribution in [0, 0.1) is 11.3 Å². The summed E-state index contributed by atoms with van der Waals surface area (Å²) in [4.78, 5) is 15.5. The predicted molar refractivity (Wildman–Crippen MR) is 110 cm³/mol. The Morgan fingerprint density at radius 2 is 2.14 bits per heavy atom. The molecule has 0 fully saturated rings. The largest absolute Gasteiger partial charge is 0.493 e. The number of aromatic nitrogens is 3. The second-order valence-corrected chi connectivity index (χ2v) is 9.27. The number of fused-ring (bicyclic) bond motifs is 2. The molecular formula is C20H22BrN5O2. The van der Waals surface area contributed by atoms with Gasteiger partial charge in [-0.05, 0) is 48.8 Å². The topological polar surface area (TPSA) is 106 Å². The van der Waals surface area contributed by atoms with Crippen LogP contribution in [0.25, 0.3) is 10.9 Å². The number of halogens is 1. The zero-order valence-corrected chi connectivity index (χ0v) is 17.6. The average molecular weight is 444 g/mol. The SMILES string of the molecule is CC(C)(C)C1CCc2[nH]nc(C(=O)N=Nc3c(O)[nH]c4ccc(Br)cc34)c2C1. The number of aryl methyl sites for hydroxylation is 1. The molecule has 1 aromatic carbocycles. The van der Waals surface area contributed by atoms with Crippen molar-refractivity contribution in [2.24, 2.45) is 21.6 Å². The molecule has 146 valence electrons. The molecule has 0 radical (unpaired) electrons. The van der Waals surface area contributed by atoms with Crippen LogP contribution in [0.2, 0.25) is 0 Å². The highest BCUT2D eigenvalue weighted by Crippen LogP contribution is 2.39. The molecule has 1 aliphatic rings. The zero-order chi connectivity index (χ0) is 20.1. The normalized spacial score (nSPS) is 17.4. The quantitative estimate of drug-likeness (QED) is 0.459. The Hall–Kier alpha value is -2.48. The fourth-order valence-corrected chi connectivity index (χ4v) is 4.15. The molecule has 3 N–H and O–H groups in total. The summed E-state index contributed by atoms with van der Waals surface area (Å²) in [6.07, 6.45) is 2.76. The highest BCUT2D eigenvalue weighted by molar-refractivity contribution is 9.10. The van der Waals surface area contributed by atoms with Gasteiger partial charge in [-0.2, -0.15) is 5.10 Å². The van der Waals surface area contributed by atoms with E-state index in [-0.39, 0.29) is 17.0 Å². The zero-order valence-electron chi connectivity index (χ0n) is 16.0. The number of nitrogens with zero attached hydrogens (tertiary/aromatic N) is 3. The van der Waals surface area contributed by atoms with Gasteiger partial charge in [0.1, 0.15) is 0 Å². The average Bonchev–Trinajstić information content (AvgIpc) is 3.19. The van der Waals surface area contributed by atoms with Gasteiger partial charge in [0, 0.05) is 21.1 Å². The number of aromatic amines is 2. The molecule has 1 atom stereocenters. The van der Waals surface area contributed by atoms with Gasteiger partial charge in [-0.25, -0.2) is 0 Å². The Kier molecular flexibility index (Phi) is 4.61. The van der Waals surface area contributed by atoms with Crippen molar-refractivity contribution in [1.29, 1.82) is 0 Å². The van der Waals surface area contributed by atoms with Gasteiger partial charge in [0.15, 0.2) is 11.4 Å². The fourth-order valence-electron chi connectivity index (χ4n) is 3.79. The number of hydrogen-bond acceptors (Lipinski definition) is 4. The Morgan fingerprint density at radius 1 is 1.36 bits per heavy atom. The number of carbonyl (C=O) groups excluding carboxylic acids is 1. The Labute approximate surface area is 170 Å². The lowest BCUT2D eigenvalue weighted by Crippen LogP contribution is -2.27. The van der Waals surface area contributed by atoms with E-state index in [0.29, 0.717) is 22.5 Å². The summed E-state index contributed by atoms with van der Waals surface area (Å²) < 4.78 is 0.844. The van der Waals surface area contributed by atoms with Crippen LogP contribution in [0.1, 0.15) is 48.9 Å². The summed E-state index contributed by atoms with van der Waals surface area (Å²) in [7, 11) is 0. The van der Waals surface area contributed by atoms with Gasteiger partial charge in [-0.1, -0.05) is 36.7 Å². The number of hydrogen-bond donors (Lipinski definition) is 3. The van der Waals surface area contributed by atoms with E-state index in [1.165, 1.54) is 0 Å². The molecule has 7 nitrogen and oxygen atoms in total. The van der Waals surface area contributed by atoms with Gasteiger partial charge in [0.2, 0.25) is 5.88 Å². The highest BCUT2D eigenvalue weighted by atomic mass is 79.9. The first-order valence-electron chi connectivity index (χ1n) is 9.26. The molecule has 2 aromatic heterocycles. The minimum Gasteiger partial charge on any atom is -0.493 e. The molecule has 0 saturated carbocycles. The van der Waals surface area contributed by atoms with Crippen molar-refractivity contribution >= 4 is 38.4 Å². The van der Waals surface area contributed by atoms with E-state index in [9.17, 15) is 9.90 Å². The lowest BCUT2D eigenvalue weighted by molar-refractivity contribution is 0.0988. The molecule has 0 saturated heterocycles. The van der Waals surface area contributed by atoms with E-state index < -0.39 is 5.91 Å². The smallest absolute Gasteiger partial charge is 0.316 e. The maximum atomic E-state index is 12.7. The van der Waals surface area contributed by atoms with Crippen molar-refractivity contribution in [2.75, 3.05) is 0 Å². The molecule has 8 heteroatoms. The van der Waals surface area contributed by atoms with Crippen LogP contribution >= 0.6 is 15.9 Å². The predicted octanol–water partition coefficient (Wildman–Crippen LogP) is 5.43. The number of nitrogens with one attached hydrogen (secondary N) is 2. The molecular weight excluding hydrogens is 422 g/mol. The second kappa shape index (κ2) is 6.84. The van der Waals surface area contributed by atoms with Crippen molar-refractivity contribution < 1.29 is 9.90 Å². The van der Waals surface area contributed by atoms with Gasteiger partial charge in [-0.3, -0.25) is 9.89 Å². The summed E-state index contributed by atoms with van der Waals surface area (Å²) >= 11 is 3.40. The molecule has 2 heterocycles. The van der Waals surface area contributed by atoms with Crippen molar-refractivity contribution in [3.63, 3.8) is 0 Å². The molecule has 3 aromatic rings. The van der Waals surface area contributed by atoms with Gasteiger partial charge in [-0.15, -0.1) is 10.2 Å². The third kappa shape index (κ3) is 3.37. The van der Waals surface area contributed by atoms with Crippen molar-refractivity contribution in [2.45, 2.75) is 40.0 Å². The maximum absolute atomic E-state index is 12.7. The van der Waals surface area contributed by atoms with Crippen LogP contribution in [0.4, 0.5) is 5.69 Å². The fraction of sp³-hybridized carbons (Fsp3) is 0.400. The van der Waals surface area contributed by atoms with E-state index in [4.69, 9.17) is 0 Å². The molecule has 4 rings (SSSR count). The highest BCUT2D eigenvalue weighted by Gasteiger charge is 2.32. The van der Waals surface area contributed by atoms with Crippen molar-refractivity contribution in [3.05, 3.63) is 39.6 Å². The van der Waals surface area contributed by atoms with Crippen LogP contribution in [0.3, 0.4) is 0 Å². The van der Waals surface area contributed by atoms with E-state index >= 15 is 0 Å². The minimum atomic E-state index is -0.504. The van der Waals surface area contributed by atoms with Gasteiger partial charge < -0.3 is 10.1 Å². The summed E-state index contributed by atoms with van der Waals surface area (Å²) in [6, 6.07) is 5.48. The third-order valence-electron chi connectivity index (χ3n) is 5.53. The summed E-state index contributed by atoms with van der Waals surface area (Å²) in [5.74, 6) is -0.145. The lowest BCUT2D eigenvalue weighted by Gasteiger charge is -2.33. The van der Waals surface area contributed by atoms with Crippen molar-refractivity contribution in [1.82, 2.24) is 15.2 Å². The molecule has 1 unspecified atom stereocenters. The molecule has 0 aliphatic heterocycles. The van der Waals surface area contributed by atoms with E-state index in [1.807, 2.05) is 18.2 Å². The van der Waals surface area contributed by atoms with Crippen LogP contribution < -0.4 is 0 Å². The number of benzene rings is 1. The molecule has 0 spiro atoms. The van der Waals surface area contributed by atoms with E-state index in [1.54, 1.807) is 0 Å². The number of carbonyl (C=O) groups is 1. The van der Waals surface area contributed by atoms with Crippen LogP contribution in [0.15, 0.2) is 32.9 Å². The van der Waals surface area contributed by atoms with Crippen LogP contribution in [0.5, 0.6) is 5.88 Å². The van der Waals surface area contributed by atoms with E-state index in [0.717, 1.165) is 35.0 Å². The number of aromatic hydroxyl groups is 1. The molecule has 28 heavy (non-hydrogen) atoms. The number of amides is 1. The molecule has 0 bridgehead atoms. The Bertz CT molecular complexity index is 1090. The molecule has 1 amide bonds. The monoisotopic (exact) mass is 443 g/mol. The summed E-state index contributed by atoms with van der Waals surface area (Å²) in [5.41, 5.74) is 3.40. The molecule has 1 aliphatic carbocycles. The van der Waals surface area contributed by atoms with Gasteiger partial charge in [0.25, 0.3) is 0 Å². The third-order valence-corrected chi connectivity index (χ3v) is 6.02. The Morgan fingerprint density at radius 3 is 2.89 bits per heavy atom. The number of rotatable bonds is 2. The van der Waals surface area contributed by atoms with Crippen molar-refractivity contribution in [3.8, 4) is 5.88 Å². The number of H-pyrrole nitrogens is 2. The van der Waals surface area contributed by atoms with Gasteiger partial charge in [0.05, 0.1) is 5.52 Å². The first-order valence-corrected chi connectivity index (χ1v) is 10.1. The maximum Gasteiger partial charge on any atom is 0.316 e.